The van der Waals surface area contributed by atoms with E-state index in [0.29, 0.717) is 12.3 Å². The molecule has 2 aromatic rings. The van der Waals surface area contributed by atoms with Crippen molar-refractivity contribution in [3.05, 3.63) is 42.0 Å². The summed E-state index contributed by atoms with van der Waals surface area (Å²) in [6, 6.07) is 6.33. The highest BCUT2D eigenvalue weighted by Gasteiger charge is 2.29. The molecule has 1 aliphatic rings. The molecule has 0 saturated carbocycles. The molecule has 3 rings (SSSR count). The molecule has 0 spiro atoms. The molecule has 0 bridgehead atoms. The van der Waals surface area contributed by atoms with Crippen molar-refractivity contribution in [2.45, 2.75) is 25.9 Å². The van der Waals surface area contributed by atoms with Crippen LogP contribution in [0.1, 0.15) is 17.8 Å². The summed E-state index contributed by atoms with van der Waals surface area (Å²) in [4.78, 5) is 17.9. The molecule has 0 aromatic carbocycles. The van der Waals surface area contributed by atoms with Gasteiger partial charge in [-0.3, -0.25) is 9.88 Å². The van der Waals surface area contributed by atoms with Crippen LogP contribution < -0.4 is 9.64 Å². The summed E-state index contributed by atoms with van der Waals surface area (Å²) in [5.74, 6) is 1.31. The molecule has 134 valence electrons. The van der Waals surface area contributed by atoms with Gasteiger partial charge >= 0.3 is 0 Å². The molecule has 1 atom stereocenters. The summed E-state index contributed by atoms with van der Waals surface area (Å²) in [6.45, 7) is 5.45. The zero-order valence-electron chi connectivity index (χ0n) is 14.8. The first kappa shape index (κ1) is 17.6. The van der Waals surface area contributed by atoms with Crippen LogP contribution >= 0.6 is 0 Å². The highest BCUT2D eigenvalue weighted by molar-refractivity contribution is 5.48. The number of anilines is 1. The van der Waals surface area contributed by atoms with Crippen LogP contribution in [0.2, 0.25) is 0 Å². The molecule has 7 heteroatoms. The average molecular weight is 343 g/mol. The van der Waals surface area contributed by atoms with Crippen molar-refractivity contribution in [2.75, 3.05) is 38.3 Å². The maximum atomic E-state index is 9.49. The van der Waals surface area contributed by atoms with Gasteiger partial charge in [0.05, 0.1) is 12.8 Å². The minimum Gasteiger partial charge on any atom is -0.478 e. The fourth-order valence-corrected chi connectivity index (χ4v) is 3.29. The maximum Gasteiger partial charge on any atom is 0.257 e. The van der Waals surface area contributed by atoms with E-state index in [9.17, 15) is 5.11 Å². The molecule has 1 aliphatic heterocycles. The third-order valence-corrected chi connectivity index (χ3v) is 4.52. The number of ether oxygens (including phenoxy) is 1. The molecule has 0 amide bonds. The van der Waals surface area contributed by atoms with Crippen molar-refractivity contribution in [2.24, 2.45) is 0 Å². The van der Waals surface area contributed by atoms with Crippen LogP contribution in [-0.2, 0) is 6.54 Å². The van der Waals surface area contributed by atoms with Gasteiger partial charge in [-0.1, -0.05) is 6.07 Å². The summed E-state index contributed by atoms with van der Waals surface area (Å²) in [6.07, 6.45) is 4.03. The lowest BCUT2D eigenvalue weighted by molar-refractivity contribution is 0.133. The summed E-state index contributed by atoms with van der Waals surface area (Å²) in [5.41, 5.74) is 2.09. The van der Waals surface area contributed by atoms with Gasteiger partial charge in [0.2, 0.25) is 0 Å². The minimum atomic E-state index is 0.161. The number of aliphatic hydroxyl groups is 1. The Morgan fingerprint density at radius 3 is 2.84 bits per heavy atom. The summed E-state index contributed by atoms with van der Waals surface area (Å²) in [5, 5.41) is 9.49. The lowest BCUT2D eigenvalue weighted by Gasteiger charge is -2.41. The van der Waals surface area contributed by atoms with Crippen molar-refractivity contribution >= 4 is 5.82 Å². The second-order valence-corrected chi connectivity index (χ2v) is 6.24. The number of hydrogen-bond donors (Lipinski definition) is 1. The van der Waals surface area contributed by atoms with Crippen molar-refractivity contribution in [1.29, 1.82) is 0 Å². The molecule has 1 saturated heterocycles. The van der Waals surface area contributed by atoms with E-state index in [1.165, 1.54) is 0 Å². The zero-order chi connectivity index (χ0) is 17.6. The van der Waals surface area contributed by atoms with Gasteiger partial charge in [-0.25, -0.2) is 9.97 Å². The fraction of sp³-hybridized carbons (Fsp3) is 0.500. The first-order valence-corrected chi connectivity index (χ1v) is 8.58. The molecule has 25 heavy (non-hydrogen) atoms. The van der Waals surface area contributed by atoms with E-state index in [1.807, 2.05) is 19.1 Å². The predicted octanol–water partition coefficient (Wildman–Crippen LogP) is 1.26. The Labute approximate surface area is 148 Å². The molecule has 1 fully saturated rings. The molecular weight excluding hydrogens is 318 g/mol. The first-order chi connectivity index (χ1) is 12.2. The Morgan fingerprint density at radius 2 is 2.08 bits per heavy atom. The van der Waals surface area contributed by atoms with Crippen LogP contribution in [0.25, 0.3) is 0 Å². The van der Waals surface area contributed by atoms with Gasteiger partial charge in [-0.05, 0) is 25.5 Å². The van der Waals surface area contributed by atoms with Crippen molar-refractivity contribution < 1.29 is 9.84 Å². The van der Waals surface area contributed by atoms with Crippen molar-refractivity contribution in [3.8, 4) is 5.88 Å². The predicted molar refractivity (Wildman–Crippen MR) is 95.7 cm³/mol. The number of hydrogen-bond acceptors (Lipinski definition) is 7. The molecular formula is C18H25N5O2. The third-order valence-electron chi connectivity index (χ3n) is 4.52. The van der Waals surface area contributed by atoms with Gasteiger partial charge in [-0.2, -0.15) is 0 Å². The average Bonchev–Trinajstić information content (AvgIpc) is 2.63. The van der Waals surface area contributed by atoms with E-state index < -0.39 is 0 Å². The highest BCUT2D eigenvalue weighted by atomic mass is 16.5. The summed E-state index contributed by atoms with van der Waals surface area (Å²) >= 11 is 0. The van der Waals surface area contributed by atoms with Gasteiger partial charge in [-0.15, -0.1) is 0 Å². The van der Waals surface area contributed by atoms with Crippen LogP contribution in [0, 0.1) is 6.92 Å². The van der Waals surface area contributed by atoms with Gasteiger partial charge < -0.3 is 14.7 Å². The van der Waals surface area contributed by atoms with E-state index in [1.54, 1.807) is 19.5 Å². The third kappa shape index (κ3) is 4.24. The smallest absolute Gasteiger partial charge is 0.257 e. The van der Waals surface area contributed by atoms with E-state index in [4.69, 9.17) is 4.74 Å². The van der Waals surface area contributed by atoms with Crippen LogP contribution in [0.3, 0.4) is 0 Å². The highest BCUT2D eigenvalue weighted by Crippen LogP contribution is 2.26. The number of methoxy groups -OCH3 is 1. The molecule has 0 radical (unpaired) electrons. The van der Waals surface area contributed by atoms with E-state index >= 15 is 0 Å². The van der Waals surface area contributed by atoms with E-state index in [0.717, 1.165) is 43.4 Å². The number of piperazine rings is 1. The molecule has 0 aliphatic carbocycles. The van der Waals surface area contributed by atoms with E-state index in [2.05, 4.69) is 30.8 Å². The number of rotatable bonds is 6. The summed E-state index contributed by atoms with van der Waals surface area (Å²) in [7, 11) is 1.61. The second kappa shape index (κ2) is 8.22. The van der Waals surface area contributed by atoms with Gasteiger partial charge in [0.25, 0.3) is 5.88 Å². The maximum absolute atomic E-state index is 9.49. The van der Waals surface area contributed by atoms with Crippen LogP contribution in [0.15, 0.2) is 30.6 Å². The normalized spacial score (nSPS) is 18.4. The van der Waals surface area contributed by atoms with Crippen LogP contribution in [-0.4, -0.2) is 64.4 Å². The topological polar surface area (TPSA) is 74.6 Å². The van der Waals surface area contributed by atoms with Crippen LogP contribution in [0.5, 0.6) is 5.88 Å². The van der Waals surface area contributed by atoms with Crippen LogP contribution in [0.4, 0.5) is 5.82 Å². The Hall–Kier alpha value is -2.25. The Morgan fingerprint density at radius 1 is 1.24 bits per heavy atom. The molecule has 0 unspecified atom stereocenters. The summed E-state index contributed by atoms with van der Waals surface area (Å²) < 4.78 is 5.34. The van der Waals surface area contributed by atoms with Crippen molar-refractivity contribution in [1.82, 2.24) is 19.9 Å². The van der Waals surface area contributed by atoms with Gasteiger partial charge in [0.15, 0.2) is 5.82 Å². The first-order valence-electron chi connectivity index (χ1n) is 8.58. The second-order valence-electron chi connectivity index (χ2n) is 6.24. The zero-order valence-corrected chi connectivity index (χ0v) is 14.8. The van der Waals surface area contributed by atoms with E-state index in [-0.39, 0.29) is 12.6 Å². The monoisotopic (exact) mass is 343 g/mol. The number of nitrogens with zero attached hydrogens (tertiary/aromatic N) is 5. The number of aryl methyl sites for hydroxylation is 1. The molecule has 7 nitrogen and oxygen atoms in total. The quantitative estimate of drug-likeness (QED) is 0.846. The Kier molecular flexibility index (Phi) is 5.78. The number of pyridine rings is 1. The van der Waals surface area contributed by atoms with Crippen molar-refractivity contribution in [3.63, 3.8) is 0 Å². The minimum absolute atomic E-state index is 0.161. The molecule has 2 aromatic heterocycles. The van der Waals surface area contributed by atoms with Gasteiger partial charge in [0, 0.05) is 56.9 Å². The largest absolute Gasteiger partial charge is 0.478 e. The lowest BCUT2D eigenvalue weighted by atomic mass is 10.1. The fourth-order valence-electron chi connectivity index (χ4n) is 3.29. The number of aliphatic hydroxyl groups excluding tert-OH is 1. The number of aromatic nitrogens is 3. The SMILES string of the molecule is COc1nccnc1N1CCN(Cc2cccc(C)n2)[C@H](CCO)C1. The Bertz CT molecular complexity index is 697. The van der Waals surface area contributed by atoms with Gasteiger partial charge in [0.1, 0.15) is 0 Å². The Balaban J connectivity index is 1.74. The lowest BCUT2D eigenvalue weighted by Crippen LogP contribution is -2.53. The molecule has 1 N–H and O–H groups in total. The molecule has 3 heterocycles. The standard InChI is InChI=1S/C18H25N5O2/c1-14-4-3-5-15(21-14)12-22-9-10-23(13-16(22)6-11-24)17-18(25-2)20-8-7-19-17/h3-5,7-8,16,24H,6,9-13H2,1-2H3/t16-/m1/s1.